The van der Waals surface area contributed by atoms with Crippen molar-refractivity contribution in [3.63, 3.8) is 0 Å². The van der Waals surface area contributed by atoms with E-state index in [4.69, 9.17) is 4.52 Å². The smallest absolute Gasteiger partial charge is 0.272 e. The Bertz CT molecular complexity index is 662. The summed E-state index contributed by atoms with van der Waals surface area (Å²) in [6.07, 6.45) is 9.26. The lowest BCUT2D eigenvalue weighted by molar-refractivity contribution is 0.0819. The average molecular weight is 315 g/mol. The summed E-state index contributed by atoms with van der Waals surface area (Å²) in [6.45, 7) is 4.03. The molecule has 0 radical (unpaired) electrons. The Labute approximate surface area is 134 Å². The zero-order chi connectivity index (χ0) is 16.3. The van der Waals surface area contributed by atoms with Gasteiger partial charge in [-0.2, -0.15) is 4.98 Å². The molecule has 23 heavy (non-hydrogen) atoms. The Balaban J connectivity index is 1.88. The van der Waals surface area contributed by atoms with Crippen LogP contribution >= 0.6 is 0 Å². The van der Waals surface area contributed by atoms with Gasteiger partial charge in [0.05, 0.1) is 6.20 Å². The molecule has 1 aliphatic carbocycles. The molecule has 7 nitrogen and oxygen atoms in total. The Hall–Kier alpha value is -2.31. The van der Waals surface area contributed by atoms with Crippen LogP contribution in [-0.2, 0) is 5.54 Å². The highest BCUT2D eigenvalue weighted by molar-refractivity contribution is 5.92. The van der Waals surface area contributed by atoms with Gasteiger partial charge in [0.25, 0.3) is 11.8 Å². The molecule has 2 aromatic rings. The van der Waals surface area contributed by atoms with Crippen molar-refractivity contribution in [2.45, 2.75) is 57.4 Å². The molecule has 3 rings (SSSR count). The number of rotatable bonds is 4. The van der Waals surface area contributed by atoms with E-state index in [1.807, 2.05) is 13.8 Å². The summed E-state index contributed by atoms with van der Waals surface area (Å²) < 4.78 is 5.49. The van der Waals surface area contributed by atoms with Crippen molar-refractivity contribution in [3.8, 4) is 0 Å². The van der Waals surface area contributed by atoms with E-state index in [0.717, 1.165) is 32.1 Å². The van der Waals surface area contributed by atoms with Crippen LogP contribution in [0.15, 0.2) is 23.1 Å². The second kappa shape index (κ2) is 6.44. The molecule has 122 valence electrons. The molecule has 0 saturated heterocycles. The first kappa shape index (κ1) is 15.6. The standard InChI is InChI=1S/C16H21N5O2/c1-11(2)13-19-15(23-21-13)16(6-4-3-5-7-16)20-14(22)12-10-17-8-9-18-12/h8-11H,3-7H2,1-2H3,(H,20,22). The molecule has 0 atom stereocenters. The number of aromatic nitrogens is 4. The summed E-state index contributed by atoms with van der Waals surface area (Å²) in [6, 6.07) is 0. The molecule has 0 aromatic carbocycles. The molecule has 1 fully saturated rings. The van der Waals surface area contributed by atoms with Gasteiger partial charge < -0.3 is 9.84 Å². The lowest BCUT2D eigenvalue weighted by Gasteiger charge is -2.34. The monoisotopic (exact) mass is 315 g/mol. The predicted octanol–water partition coefficient (Wildman–Crippen LogP) is 2.57. The maximum absolute atomic E-state index is 12.5. The van der Waals surface area contributed by atoms with Crippen LogP contribution in [0.1, 0.15) is 74.1 Å². The van der Waals surface area contributed by atoms with Crippen LogP contribution in [0.4, 0.5) is 0 Å². The quantitative estimate of drug-likeness (QED) is 0.932. The first-order valence-electron chi connectivity index (χ1n) is 8.03. The van der Waals surface area contributed by atoms with Gasteiger partial charge in [0.15, 0.2) is 5.82 Å². The molecule has 1 aliphatic rings. The fourth-order valence-corrected chi connectivity index (χ4v) is 2.91. The first-order valence-corrected chi connectivity index (χ1v) is 8.03. The molecule has 2 aromatic heterocycles. The largest absolute Gasteiger partial charge is 0.337 e. The van der Waals surface area contributed by atoms with E-state index in [-0.39, 0.29) is 11.8 Å². The number of nitrogens with one attached hydrogen (secondary N) is 1. The van der Waals surface area contributed by atoms with Crippen molar-refractivity contribution in [1.82, 2.24) is 25.4 Å². The van der Waals surface area contributed by atoms with E-state index >= 15 is 0 Å². The minimum Gasteiger partial charge on any atom is -0.337 e. The molecular formula is C16H21N5O2. The highest BCUT2D eigenvalue weighted by atomic mass is 16.5. The van der Waals surface area contributed by atoms with E-state index in [2.05, 4.69) is 25.4 Å². The summed E-state index contributed by atoms with van der Waals surface area (Å²) in [5.41, 5.74) is -0.312. The second-order valence-electron chi connectivity index (χ2n) is 6.30. The molecule has 1 saturated carbocycles. The summed E-state index contributed by atoms with van der Waals surface area (Å²) in [5.74, 6) is 1.09. The van der Waals surface area contributed by atoms with E-state index < -0.39 is 5.54 Å². The van der Waals surface area contributed by atoms with Crippen LogP contribution in [-0.4, -0.2) is 26.0 Å². The fourth-order valence-electron chi connectivity index (χ4n) is 2.91. The Morgan fingerprint density at radius 3 is 2.65 bits per heavy atom. The molecule has 0 spiro atoms. The number of hydrogen-bond acceptors (Lipinski definition) is 6. The fraction of sp³-hybridized carbons (Fsp3) is 0.562. The molecular weight excluding hydrogens is 294 g/mol. The third-order valence-electron chi connectivity index (χ3n) is 4.22. The Morgan fingerprint density at radius 1 is 1.26 bits per heavy atom. The highest BCUT2D eigenvalue weighted by Crippen LogP contribution is 2.36. The van der Waals surface area contributed by atoms with Gasteiger partial charge in [-0.05, 0) is 12.8 Å². The van der Waals surface area contributed by atoms with Crippen LogP contribution in [0.5, 0.6) is 0 Å². The van der Waals surface area contributed by atoms with Crippen molar-refractivity contribution < 1.29 is 9.32 Å². The predicted molar refractivity (Wildman–Crippen MR) is 82.6 cm³/mol. The first-order chi connectivity index (χ1) is 11.1. The van der Waals surface area contributed by atoms with Gasteiger partial charge >= 0.3 is 0 Å². The van der Waals surface area contributed by atoms with E-state index in [1.165, 1.54) is 12.4 Å². The van der Waals surface area contributed by atoms with Gasteiger partial charge in [-0.1, -0.05) is 38.3 Å². The maximum Gasteiger partial charge on any atom is 0.272 e. The van der Waals surface area contributed by atoms with Crippen molar-refractivity contribution in [3.05, 3.63) is 36.0 Å². The van der Waals surface area contributed by atoms with Gasteiger partial charge in [-0.25, -0.2) is 4.98 Å². The van der Waals surface area contributed by atoms with Crippen LogP contribution in [0.3, 0.4) is 0 Å². The number of nitrogens with zero attached hydrogens (tertiary/aromatic N) is 4. The van der Waals surface area contributed by atoms with E-state index in [0.29, 0.717) is 17.4 Å². The number of carbonyl (C=O) groups is 1. The SMILES string of the molecule is CC(C)c1noc(C2(NC(=O)c3cnccn3)CCCCC2)n1. The third kappa shape index (κ3) is 3.23. The van der Waals surface area contributed by atoms with Crippen LogP contribution in [0.2, 0.25) is 0 Å². The van der Waals surface area contributed by atoms with Gasteiger partial charge in [0.1, 0.15) is 11.2 Å². The molecule has 2 heterocycles. The number of amides is 1. The molecule has 0 aliphatic heterocycles. The molecule has 0 unspecified atom stereocenters. The summed E-state index contributed by atoms with van der Waals surface area (Å²) in [4.78, 5) is 25.1. The van der Waals surface area contributed by atoms with Gasteiger partial charge in [-0.3, -0.25) is 9.78 Å². The van der Waals surface area contributed by atoms with Crippen molar-refractivity contribution in [2.24, 2.45) is 0 Å². The molecule has 1 amide bonds. The molecule has 0 bridgehead atoms. The van der Waals surface area contributed by atoms with Gasteiger partial charge in [0.2, 0.25) is 0 Å². The van der Waals surface area contributed by atoms with Crippen molar-refractivity contribution in [1.29, 1.82) is 0 Å². The molecule has 7 heteroatoms. The zero-order valence-corrected chi connectivity index (χ0v) is 13.5. The minimum atomic E-state index is -0.604. The topological polar surface area (TPSA) is 93.8 Å². The number of carbonyl (C=O) groups excluding carboxylic acids is 1. The lowest BCUT2D eigenvalue weighted by atomic mass is 9.81. The Morgan fingerprint density at radius 2 is 2.04 bits per heavy atom. The molecule has 1 N–H and O–H groups in total. The normalized spacial score (nSPS) is 17.2. The lowest BCUT2D eigenvalue weighted by Crippen LogP contribution is -2.47. The zero-order valence-electron chi connectivity index (χ0n) is 13.5. The second-order valence-corrected chi connectivity index (χ2v) is 6.30. The average Bonchev–Trinajstić information content (AvgIpc) is 3.07. The third-order valence-corrected chi connectivity index (χ3v) is 4.22. The highest BCUT2D eigenvalue weighted by Gasteiger charge is 2.41. The van der Waals surface area contributed by atoms with Crippen molar-refractivity contribution in [2.75, 3.05) is 0 Å². The van der Waals surface area contributed by atoms with Gasteiger partial charge in [0, 0.05) is 18.3 Å². The summed E-state index contributed by atoms with van der Waals surface area (Å²) >= 11 is 0. The van der Waals surface area contributed by atoms with Crippen LogP contribution < -0.4 is 5.32 Å². The summed E-state index contributed by atoms with van der Waals surface area (Å²) in [7, 11) is 0. The number of hydrogen-bond donors (Lipinski definition) is 1. The van der Waals surface area contributed by atoms with Crippen LogP contribution in [0.25, 0.3) is 0 Å². The van der Waals surface area contributed by atoms with Gasteiger partial charge in [-0.15, -0.1) is 0 Å². The van der Waals surface area contributed by atoms with Crippen LogP contribution in [0, 0.1) is 0 Å². The minimum absolute atomic E-state index is 0.184. The Kier molecular flexibility index (Phi) is 4.36. The summed E-state index contributed by atoms with van der Waals surface area (Å²) in [5, 5.41) is 7.13. The van der Waals surface area contributed by atoms with E-state index in [9.17, 15) is 4.79 Å². The van der Waals surface area contributed by atoms with Crippen molar-refractivity contribution >= 4 is 5.91 Å². The maximum atomic E-state index is 12.5. The van der Waals surface area contributed by atoms with E-state index in [1.54, 1.807) is 6.20 Å².